The molecule has 2 atom stereocenters. The lowest BCUT2D eigenvalue weighted by Crippen LogP contribution is -2.39. The number of benzene rings is 1. The third kappa shape index (κ3) is 2.13. The Balaban J connectivity index is 2.20. The summed E-state index contributed by atoms with van der Waals surface area (Å²) >= 11 is 0. The van der Waals surface area contributed by atoms with E-state index in [4.69, 9.17) is 9.47 Å². The van der Waals surface area contributed by atoms with Crippen LogP contribution in [0, 0.1) is 0 Å². The molecule has 1 aromatic carbocycles. The summed E-state index contributed by atoms with van der Waals surface area (Å²) in [6, 6.07) is 5.53. The summed E-state index contributed by atoms with van der Waals surface area (Å²) in [6.07, 6.45) is 0.226. The molecule has 1 heterocycles. The van der Waals surface area contributed by atoms with Crippen LogP contribution in [0.25, 0.3) is 0 Å². The zero-order valence-corrected chi connectivity index (χ0v) is 9.56. The first-order valence-corrected chi connectivity index (χ1v) is 5.43. The largest absolute Gasteiger partial charge is 0.504 e. The standard InChI is InChI=1S/C12H17NO3/c1-8-6-13-10(7-16-8)9-4-3-5-11(15-2)12(9)14/h3-5,8,10,13-14H,6-7H2,1-2H3. The number of aromatic hydroxyl groups is 1. The number of phenolic OH excluding ortho intramolecular Hbond substituents is 1. The van der Waals surface area contributed by atoms with Gasteiger partial charge < -0.3 is 19.9 Å². The van der Waals surface area contributed by atoms with Gasteiger partial charge in [0.1, 0.15) is 0 Å². The first-order chi connectivity index (χ1) is 7.72. The molecule has 2 rings (SSSR count). The number of hydrogen-bond acceptors (Lipinski definition) is 4. The third-order valence-corrected chi connectivity index (χ3v) is 2.82. The first kappa shape index (κ1) is 11.2. The second-order valence-electron chi connectivity index (χ2n) is 4.00. The highest BCUT2D eigenvalue weighted by molar-refractivity contribution is 5.47. The van der Waals surface area contributed by atoms with Crippen molar-refractivity contribution in [3.63, 3.8) is 0 Å². The highest BCUT2D eigenvalue weighted by Crippen LogP contribution is 2.34. The van der Waals surface area contributed by atoms with Crippen LogP contribution in [0.3, 0.4) is 0 Å². The van der Waals surface area contributed by atoms with E-state index in [0.29, 0.717) is 12.4 Å². The second-order valence-corrected chi connectivity index (χ2v) is 4.00. The topological polar surface area (TPSA) is 50.7 Å². The lowest BCUT2D eigenvalue weighted by atomic mass is 10.0. The minimum absolute atomic E-state index is 0.0336. The van der Waals surface area contributed by atoms with Gasteiger partial charge >= 0.3 is 0 Å². The lowest BCUT2D eigenvalue weighted by Gasteiger charge is -2.29. The summed E-state index contributed by atoms with van der Waals surface area (Å²) in [6.45, 7) is 3.39. The maximum atomic E-state index is 9.99. The molecule has 16 heavy (non-hydrogen) atoms. The Morgan fingerprint density at radius 3 is 2.94 bits per heavy atom. The van der Waals surface area contributed by atoms with Gasteiger partial charge in [0.05, 0.1) is 25.9 Å². The number of hydrogen-bond donors (Lipinski definition) is 2. The van der Waals surface area contributed by atoms with Gasteiger partial charge in [-0.2, -0.15) is 0 Å². The van der Waals surface area contributed by atoms with Crippen molar-refractivity contribution in [2.24, 2.45) is 0 Å². The van der Waals surface area contributed by atoms with E-state index in [-0.39, 0.29) is 17.9 Å². The van der Waals surface area contributed by atoms with Crippen LogP contribution in [0.4, 0.5) is 0 Å². The number of nitrogens with one attached hydrogen (secondary N) is 1. The molecule has 0 radical (unpaired) electrons. The molecular formula is C12H17NO3. The van der Waals surface area contributed by atoms with Gasteiger partial charge in [0.25, 0.3) is 0 Å². The molecular weight excluding hydrogens is 206 g/mol. The molecule has 0 amide bonds. The van der Waals surface area contributed by atoms with E-state index in [1.807, 2.05) is 19.1 Å². The average molecular weight is 223 g/mol. The Morgan fingerprint density at radius 1 is 1.50 bits per heavy atom. The lowest BCUT2D eigenvalue weighted by molar-refractivity contribution is 0.0144. The molecule has 4 nitrogen and oxygen atoms in total. The number of morpholine rings is 1. The monoisotopic (exact) mass is 223 g/mol. The molecule has 0 saturated carbocycles. The molecule has 0 aliphatic carbocycles. The van der Waals surface area contributed by atoms with Crippen LogP contribution in [0.2, 0.25) is 0 Å². The molecule has 1 aliphatic rings. The van der Waals surface area contributed by atoms with Crippen molar-refractivity contribution in [1.29, 1.82) is 0 Å². The van der Waals surface area contributed by atoms with Crippen molar-refractivity contribution < 1.29 is 14.6 Å². The smallest absolute Gasteiger partial charge is 0.162 e. The molecule has 0 spiro atoms. The van der Waals surface area contributed by atoms with E-state index in [9.17, 15) is 5.11 Å². The fraction of sp³-hybridized carbons (Fsp3) is 0.500. The van der Waals surface area contributed by atoms with Crippen LogP contribution in [-0.2, 0) is 4.74 Å². The molecule has 1 aromatic rings. The molecule has 1 aliphatic heterocycles. The normalized spacial score (nSPS) is 25.4. The Labute approximate surface area is 95.2 Å². The van der Waals surface area contributed by atoms with Gasteiger partial charge in [0.2, 0.25) is 0 Å². The zero-order chi connectivity index (χ0) is 11.5. The predicted octanol–water partition coefficient (Wildman–Crippen LogP) is 1.45. The molecule has 1 saturated heterocycles. The van der Waals surface area contributed by atoms with Gasteiger partial charge in [-0.05, 0) is 13.0 Å². The molecule has 1 fully saturated rings. The second kappa shape index (κ2) is 4.72. The molecule has 2 N–H and O–H groups in total. The van der Waals surface area contributed by atoms with Gasteiger partial charge in [-0.3, -0.25) is 0 Å². The number of phenols is 1. The molecule has 88 valence electrons. The summed E-state index contributed by atoms with van der Waals surface area (Å²) < 4.78 is 10.6. The molecule has 0 aromatic heterocycles. The Bertz CT molecular complexity index is 359. The Morgan fingerprint density at radius 2 is 2.31 bits per heavy atom. The van der Waals surface area contributed by atoms with Crippen molar-refractivity contribution in [3.8, 4) is 11.5 Å². The first-order valence-electron chi connectivity index (χ1n) is 5.43. The van der Waals surface area contributed by atoms with Crippen LogP contribution in [0.15, 0.2) is 18.2 Å². The minimum Gasteiger partial charge on any atom is -0.504 e. The number of ether oxygens (including phenoxy) is 2. The van der Waals surface area contributed by atoms with Crippen LogP contribution < -0.4 is 10.1 Å². The van der Waals surface area contributed by atoms with Crippen LogP contribution in [0.5, 0.6) is 11.5 Å². The SMILES string of the molecule is COc1cccc(C2COC(C)CN2)c1O. The predicted molar refractivity (Wildman–Crippen MR) is 60.8 cm³/mol. The minimum atomic E-state index is 0.0336. The molecule has 0 bridgehead atoms. The molecule has 4 heteroatoms. The van der Waals surface area contributed by atoms with Gasteiger partial charge in [0, 0.05) is 12.1 Å². The quantitative estimate of drug-likeness (QED) is 0.796. The highest BCUT2D eigenvalue weighted by Gasteiger charge is 2.22. The van der Waals surface area contributed by atoms with Crippen molar-refractivity contribution >= 4 is 0 Å². The fourth-order valence-corrected chi connectivity index (χ4v) is 1.87. The summed E-state index contributed by atoms with van der Waals surface area (Å²) in [5, 5.41) is 13.3. The van der Waals surface area contributed by atoms with E-state index in [1.54, 1.807) is 13.2 Å². The maximum absolute atomic E-state index is 9.99. The van der Waals surface area contributed by atoms with E-state index in [2.05, 4.69) is 5.32 Å². The van der Waals surface area contributed by atoms with Crippen LogP contribution in [0.1, 0.15) is 18.5 Å². The summed E-state index contributed by atoms with van der Waals surface area (Å²) in [5.41, 5.74) is 0.825. The zero-order valence-electron chi connectivity index (χ0n) is 9.56. The van der Waals surface area contributed by atoms with Gasteiger partial charge in [-0.15, -0.1) is 0 Å². The van der Waals surface area contributed by atoms with Crippen molar-refractivity contribution in [1.82, 2.24) is 5.32 Å². The number of methoxy groups -OCH3 is 1. The highest BCUT2D eigenvalue weighted by atomic mass is 16.5. The fourth-order valence-electron chi connectivity index (χ4n) is 1.87. The molecule has 2 unspecified atom stereocenters. The van der Waals surface area contributed by atoms with Crippen LogP contribution >= 0.6 is 0 Å². The van der Waals surface area contributed by atoms with E-state index >= 15 is 0 Å². The third-order valence-electron chi connectivity index (χ3n) is 2.82. The maximum Gasteiger partial charge on any atom is 0.162 e. The van der Waals surface area contributed by atoms with E-state index < -0.39 is 0 Å². The van der Waals surface area contributed by atoms with Crippen molar-refractivity contribution in [3.05, 3.63) is 23.8 Å². The Kier molecular flexibility index (Phi) is 3.31. The number of rotatable bonds is 2. The van der Waals surface area contributed by atoms with Gasteiger partial charge in [0.15, 0.2) is 11.5 Å². The summed E-state index contributed by atoms with van der Waals surface area (Å²) in [7, 11) is 1.55. The van der Waals surface area contributed by atoms with Crippen molar-refractivity contribution in [2.75, 3.05) is 20.3 Å². The number of para-hydroxylation sites is 1. The van der Waals surface area contributed by atoms with E-state index in [1.165, 1.54) is 0 Å². The average Bonchev–Trinajstić information content (AvgIpc) is 2.31. The van der Waals surface area contributed by atoms with Crippen molar-refractivity contribution in [2.45, 2.75) is 19.1 Å². The Hall–Kier alpha value is -1.26. The van der Waals surface area contributed by atoms with Gasteiger partial charge in [-0.25, -0.2) is 0 Å². The summed E-state index contributed by atoms with van der Waals surface area (Å²) in [4.78, 5) is 0. The van der Waals surface area contributed by atoms with Crippen LogP contribution in [-0.4, -0.2) is 31.5 Å². The van der Waals surface area contributed by atoms with Gasteiger partial charge in [-0.1, -0.05) is 12.1 Å². The van der Waals surface area contributed by atoms with E-state index in [0.717, 1.165) is 12.1 Å². The summed E-state index contributed by atoms with van der Waals surface area (Å²) in [5.74, 6) is 0.693.